The molecule has 164 valence electrons. The number of piperidine rings is 1. The zero-order valence-electron chi connectivity index (χ0n) is 17.8. The van der Waals surface area contributed by atoms with Gasteiger partial charge in [0.1, 0.15) is 6.04 Å². The number of rotatable bonds is 4. The maximum absolute atomic E-state index is 13.2. The van der Waals surface area contributed by atoms with Crippen molar-refractivity contribution in [3.63, 3.8) is 0 Å². The standard InChI is InChI=1S/C24H24N4O4/c1-15(16-5-3-2-4-6-16)26-11-12-27(24(26)32)18-7-8-19-17(13-18)14-28(23(19)31)20-9-10-21(29)25-22(20)30/h2-8,13,15,20H,9-12,14H2,1H3,(H,25,29,30). The number of imide groups is 1. The Labute approximate surface area is 185 Å². The molecule has 3 aliphatic rings. The molecule has 2 saturated heterocycles. The van der Waals surface area contributed by atoms with Crippen LogP contribution in [0.3, 0.4) is 0 Å². The number of carbonyl (C=O) groups excluding carboxylic acids is 4. The first-order valence-electron chi connectivity index (χ1n) is 10.8. The number of hydrogen-bond donors (Lipinski definition) is 1. The van der Waals surface area contributed by atoms with Gasteiger partial charge in [-0.15, -0.1) is 0 Å². The van der Waals surface area contributed by atoms with Crippen LogP contribution in [0, 0.1) is 0 Å². The third-order valence-electron chi connectivity index (χ3n) is 6.61. The minimum atomic E-state index is -0.647. The molecule has 1 N–H and O–H groups in total. The molecule has 8 heteroatoms. The number of anilines is 1. The van der Waals surface area contributed by atoms with Crippen LogP contribution in [-0.4, -0.2) is 52.7 Å². The summed E-state index contributed by atoms with van der Waals surface area (Å²) in [7, 11) is 0. The Hall–Kier alpha value is -3.68. The Morgan fingerprint density at radius 2 is 1.78 bits per heavy atom. The van der Waals surface area contributed by atoms with E-state index < -0.39 is 11.9 Å². The van der Waals surface area contributed by atoms with Gasteiger partial charge in [0.15, 0.2) is 0 Å². The fourth-order valence-electron chi connectivity index (χ4n) is 4.79. The highest BCUT2D eigenvalue weighted by Gasteiger charge is 2.40. The van der Waals surface area contributed by atoms with Crippen LogP contribution in [-0.2, 0) is 16.1 Å². The van der Waals surface area contributed by atoms with Crippen molar-refractivity contribution in [2.75, 3.05) is 18.0 Å². The van der Waals surface area contributed by atoms with E-state index in [9.17, 15) is 19.2 Å². The fraction of sp³-hybridized carbons (Fsp3) is 0.333. The van der Waals surface area contributed by atoms with Crippen LogP contribution in [0.2, 0.25) is 0 Å². The lowest BCUT2D eigenvalue weighted by atomic mass is 10.0. The van der Waals surface area contributed by atoms with Gasteiger partial charge < -0.3 is 9.80 Å². The highest BCUT2D eigenvalue weighted by molar-refractivity contribution is 6.06. The van der Waals surface area contributed by atoms with Crippen molar-refractivity contribution in [3.8, 4) is 0 Å². The Morgan fingerprint density at radius 1 is 1.00 bits per heavy atom. The Kier molecular flexibility index (Phi) is 4.92. The van der Waals surface area contributed by atoms with Gasteiger partial charge >= 0.3 is 6.03 Å². The average molecular weight is 432 g/mol. The van der Waals surface area contributed by atoms with E-state index in [-0.39, 0.29) is 30.3 Å². The maximum Gasteiger partial charge on any atom is 0.325 e. The lowest BCUT2D eigenvalue weighted by molar-refractivity contribution is -0.136. The van der Waals surface area contributed by atoms with Crippen molar-refractivity contribution < 1.29 is 19.2 Å². The number of nitrogens with one attached hydrogen (secondary N) is 1. The number of carbonyl (C=O) groups is 4. The molecule has 0 aromatic heterocycles. The quantitative estimate of drug-likeness (QED) is 0.752. The first-order valence-corrected chi connectivity index (χ1v) is 10.8. The second kappa shape index (κ2) is 7.78. The van der Waals surface area contributed by atoms with Gasteiger partial charge in [0, 0.05) is 37.3 Å². The summed E-state index contributed by atoms with van der Waals surface area (Å²) < 4.78 is 0. The van der Waals surface area contributed by atoms with Crippen LogP contribution in [0.15, 0.2) is 48.5 Å². The van der Waals surface area contributed by atoms with E-state index in [2.05, 4.69) is 5.32 Å². The van der Waals surface area contributed by atoms with Gasteiger partial charge in [-0.3, -0.25) is 24.6 Å². The Bertz CT molecular complexity index is 1120. The van der Waals surface area contributed by atoms with E-state index in [1.807, 2.05) is 48.2 Å². The summed E-state index contributed by atoms with van der Waals surface area (Å²) in [6.45, 7) is 3.50. The fourth-order valence-corrected chi connectivity index (χ4v) is 4.79. The normalized spacial score (nSPS) is 21.8. The molecule has 2 atom stereocenters. The molecule has 3 heterocycles. The molecule has 2 fully saturated rings. The lowest BCUT2D eigenvalue weighted by Gasteiger charge is -2.29. The number of benzene rings is 2. The summed E-state index contributed by atoms with van der Waals surface area (Å²) in [5.41, 5.74) is 3.16. The van der Waals surface area contributed by atoms with E-state index in [1.54, 1.807) is 17.0 Å². The van der Waals surface area contributed by atoms with Crippen LogP contribution in [0.1, 0.15) is 47.3 Å². The molecule has 0 radical (unpaired) electrons. The predicted octanol–water partition coefficient (Wildman–Crippen LogP) is 2.45. The number of amides is 5. The van der Waals surface area contributed by atoms with Crippen molar-refractivity contribution >= 4 is 29.4 Å². The van der Waals surface area contributed by atoms with Gasteiger partial charge in [0.25, 0.3) is 5.91 Å². The summed E-state index contributed by atoms with van der Waals surface area (Å²) in [4.78, 5) is 54.8. The molecule has 32 heavy (non-hydrogen) atoms. The predicted molar refractivity (Wildman–Crippen MR) is 117 cm³/mol. The largest absolute Gasteiger partial charge is 0.325 e. The van der Waals surface area contributed by atoms with E-state index in [1.165, 1.54) is 4.90 Å². The zero-order chi connectivity index (χ0) is 22.4. The molecule has 2 aromatic carbocycles. The summed E-state index contributed by atoms with van der Waals surface area (Å²) in [6, 6.07) is 14.6. The van der Waals surface area contributed by atoms with Gasteiger partial charge in [0.05, 0.1) is 6.04 Å². The van der Waals surface area contributed by atoms with E-state index in [0.717, 1.165) is 16.8 Å². The van der Waals surface area contributed by atoms with E-state index >= 15 is 0 Å². The molecule has 0 spiro atoms. The second-order valence-corrected chi connectivity index (χ2v) is 8.46. The highest BCUT2D eigenvalue weighted by Crippen LogP contribution is 2.33. The maximum atomic E-state index is 13.2. The molecule has 0 saturated carbocycles. The SMILES string of the molecule is CC(c1ccccc1)N1CCN(c2ccc3c(c2)CN(C2CCC(=O)NC2=O)C3=O)C1=O. The molecule has 2 aromatic rings. The number of urea groups is 1. The summed E-state index contributed by atoms with van der Waals surface area (Å²) in [6.07, 6.45) is 0.549. The minimum Gasteiger partial charge on any atom is -0.322 e. The van der Waals surface area contributed by atoms with Crippen molar-refractivity contribution in [2.24, 2.45) is 0 Å². The number of hydrogen-bond acceptors (Lipinski definition) is 4. The Morgan fingerprint density at radius 3 is 2.53 bits per heavy atom. The van der Waals surface area contributed by atoms with Crippen molar-refractivity contribution in [1.29, 1.82) is 0 Å². The second-order valence-electron chi connectivity index (χ2n) is 8.46. The van der Waals surface area contributed by atoms with Crippen LogP contribution >= 0.6 is 0 Å². The van der Waals surface area contributed by atoms with E-state index in [4.69, 9.17) is 0 Å². The van der Waals surface area contributed by atoms with Crippen LogP contribution < -0.4 is 10.2 Å². The van der Waals surface area contributed by atoms with Crippen LogP contribution in [0.4, 0.5) is 10.5 Å². The topological polar surface area (TPSA) is 90.0 Å². The van der Waals surface area contributed by atoms with Gasteiger partial charge in [-0.1, -0.05) is 30.3 Å². The summed E-state index contributed by atoms with van der Waals surface area (Å²) >= 11 is 0. The lowest BCUT2D eigenvalue weighted by Crippen LogP contribution is -2.52. The third-order valence-corrected chi connectivity index (χ3v) is 6.61. The van der Waals surface area contributed by atoms with Gasteiger partial charge in [-0.05, 0) is 42.7 Å². The minimum absolute atomic E-state index is 0.0345. The molecule has 0 bridgehead atoms. The van der Waals surface area contributed by atoms with Crippen molar-refractivity contribution in [1.82, 2.24) is 15.1 Å². The first-order chi connectivity index (χ1) is 15.4. The van der Waals surface area contributed by atoms with Crippen LogP contribution in [0.25, 0.3) is 0 Å². The smallest absolute Gasteiger partial charge is 0.322 e. The average Bonchev–Trinajstić information content (AvgIpc) is 3.33. The monoisotopic (exact) mass is 432 g/mol. The molecule has 8 nitrogen and oxygen atoms in total. The third kappa shape index (κ3) is 3.32. The molecular weight excluding hydrogens is 408 g/mol. The molecule has 0 aliphatic carbocycles. The summed E-state index contributed by atoms with van der Waals surface area (Å²) in [5, 5.41) is 2.31. The van der Waals surface area contributed by atoms with Crippen molar-refractivity contribution in [2.45, 2.75) is 38.4 Å². The molecule has 3 aliphatic heterocycles. The van der Waals surface area contributed by atoms with Crippen LogP contribution in [0.5, 0.6) is 0 Å². The Balaban J connectivity index is 1.34. The zero-order valence-corrected chi connectivity index (χ0v) is 17.8. The molecule has 5 rings (SSSR count). The number of nitrogens with zero attached hydrogens (tertiary/aromatic N) is 3. The molecule has 5 amide bonds. The molecule has 2 unspecified atom stereocenters. The summed E-state index contributed by atoms with van der Waals surface area (Å²) in [5.74, 6) is -0.949. The van der Waals surface area contributed by atoms with E-state index in [0.29, 0.717) is 31.6 Å². The number of fused-ring (bicyclic) bond motifs is 1. The van der Waals surface area contributed by atoms with Gasteiger partial charge in [-0.2, -0.15) is 0 Å². The van der Waals surface area contributed by atoms with Gasteiger partial charge in [0.2, 0.25) is 11.8 Å². The van der Waals surface area contributed by atoms with Crippen molar-refractivity contribution in [3.05, 3.63) is 65.2 Å². The van der Waals surface area contributed by atoms with Gasteiger partial charge in [-0.25, -0.2) is 4.79 Å². The highest BCUT2D eigenvalue weighted by atomic mass is 16.2. The first kappa shape index (κ1) is 20.2. The molecular formula is C24H24N4O4.